The fourth-order valence-corrected chi connectivity index (χ4v) is 4.73. The Labute approximate surface area is 123 Å². The third-order valence-corrected chi connectivity index (χ3v) is 6.21. The molecule has 2 aliphatic rings. The first-order valence-corrected chi connectivity index (χ1v) is 8.43. The van der Waals surface area contributed by atoms with Crippen LogP contribution in [0.4, 0.5) is 0 Å². The fraction of sp³-hybridized carbons (Fsp3) is 0.692. The standard InChI is InChI=1S/C13H19N3O4S/c1-10-7-12(15(2)14-10)21(18,19)16-5-3-13(4-6-16)8-11(17)9-20-13/h7H,3-6,8-9H2,1-2H3. The monoisotopic (exact) mass is 313 g/mol. The van der Waals surface area contributed by atoms with Gasteiger partial charge in [0.25, 0.3) is 10.0 Å². The van der Waals surface area contributed by atoms with Gasteiger partial charge in [-0.3, -0.25) is 9.48 Å². The lowest BCUT2D eigenvalue weighted by molar-refractivity contribution is -0.117. The number of ether oxygens (including phenoxy) is 1. The van der Waals surface area contributed by atoms with Crippen LogP contribution in [-0.2, 0) is 26.6 Å². The van der Waals surface area contributed by atoms with Crippen LogP contribution in [0.2, 0.25) is 0 Å². The minimum Gasteiger partial charge on any atom is -0.367 e. The number of hydrogen-bond acceptors (Lipinski definition) is 5. The minimum atomic E-state index is -3.54. The summed E-state index contributed by atoms with van der Waals surface area (Å²) in [6.45, 7) is 2.68. The topological polar surface area (TPSA) is 81.5 Å². The number of aryl methyl sites for hydroxylation is 2. The highest BCUT2D eigenvalue weighted by Crippen LogP contribution is 2.35. The molecule has 1 aromatic rings. The quantitative estimate of drug-likeness (QED) is 0.781. The normalized spacial score (nSPS) is 23.0. The summed E-state index contributed by atoms with van der Waals surface area (Å²) >= 11 is 0. The molecule has 0 radical (unpaired) electrons. The molecule has 1 aromatic heterocycles. The molecule has 0 N–H and O–H groups in total. The van der Waals surface area contributed by atoms with Crippen molar-refractivity contribution in [1.82, 2.24) is 14.1 Å². The Morgan fingerprint density at radius 1 is 1.33 bits per heavy atom. The van der Waals surface area contributed by atoms with Crippen LogP contribution in [0.5, 0.6) is 0 Å². The lowest BCUT2D eigenvalue weighted by Crippen LogP contribution is -2.46. The molecule has 0 unspecified atom stereocenters. The lowest BCUT2D eigenvalue weighted by atomic mass is 9.89. The number of sulfonamides is 1. The molecule has 0 aromatic carbocycles. The Bertz CT molecular complexity index is 672. The summed E-state index contributed by atoms with van der Waals surface area (Å²) in [6.07, 6.45) is 1.54. The Kier molecular flexibility index (Phi) is 3.42. The predicted molar refractivity (Wildman–Crippen MR) is 74.2 cm³/mol. The molecule has 8 heteroatoms. The lowest BCUT2D eigenvalue weighted by Gasteiger charge is -2.37. The number of hydrogen-bond donors (Lipinski definition) is 0. The van der Waals surface area contributed by atoms with Gasteiger partial charge in [-0.15, -0.1) is 0 Å². The van der Waals surface area contributed by atoms with Crippen LogP contribution < -0.4 is 0 Å². The molecule has 0 saturated carbocycles. The van der Waals surface area contributed by atoms with Crippen LogP contribution in [0.25, 0.3) is 0 Å². The summed E-state index contributed by atoms with van der Waals surface area (Å²) in [4.78, 5) is 11.4. The van der Waals surface area contributed by atoms with Gasteiger partial charge in [0.2, 0.25) is 0 Å². The zero-order valence-corrected chi connectivity index (χ0v) is 13.0. The van der Waals surface area contributed by atoms with Crippen molar-refractivity contribution < 1.29 is 17.9 Å². The molecule has 0 aliphatic carbocycles. The average molecular weight is 313 g/mol. The molecule has 2 aliphatic heterocycles. The van der Waals surface area contributed by atoms with E-state index in [-0.39, 0.29) is 17.4 Å². The number of ketones is 1. The van der Waals surface area contributed by atoms with E-state index in [9.17, 15) is 13.2 Å². The van der Waals surface area contributed by atoms with E-state index >= 15 is 0 Å². The molecule has 3 heterocycles. The molecule has 21 heavy (non-hydrogen) atoms. The summed E-state index contributed by atoms with van der Waals surface area (Å²) in [7, 11) is -1.91. The van der Waals surface area contributed by atoms with Crippen molar-refractivity contribution in [2.24, 2.45) is 7.05 Å². The van der Waals surface area contributed by atoms with E-state index in [1.165, 1.54) is 8.99 Å². The van der Waals surface area contributed by atoms with Crippen LogP contribution in [-0.4, -0.2) is 53.6 Å². The third kappa shape index (κ3) is 2.51. The number of carbonyl (C=O) groups is 1. The highest BCUT2D eigenvalue weighted by atomic mass is 32.2. The van der Waals surface area contributed by atoms with Crippen molar-refractivity contribution in [3.05, 3.63) is 11.8 Å². The van der Waals surface area contributed by atoms with Gasteiger partial charge in [0.05, 0.1) is 11.3 Å². The van der Waals surface area contributed by atoms with Gasteiger partial charge in [-0.1, -0.05) is 0 Å². The molecule has 7 nitrogen and oxygen atoms in total. The fourth-order valence-electron chi connectivity index (χ4n) is 3.11. The highest BCUT2D eigenvalue weighted by molar-refractivity contribution is 7.89. The van der Waals surface area contributed by atoms with Crippen molar-refractivity contribution >= 4 is 15.8 Å². The van der Waals surface area contributed by atoms with E-state index in [0.717, 1.165) is 0 Å². The maximum Gasteiger partial charge on any atom is 0.260 e. The highest BCUT2D eigenvalue weighted by Gasteiger charge is 2.44. The van der Waals surface area contributed by atoms with Gasteiger partial charge in [0.1, 0.15) is 6.61 Å². The Hall–Kier alpha value is -1.25. The van der Waals surface area contributed by atoms with Crippen molar-refractivity contribution in [2.75, 3.05) is 19.7 Å². The number of nitrogens with zero attached hydrogens (tertiary/aromatic N) is 3. The van der Waals surface area contributed by atoms with E-state index in [2.05, 4.69) is 5.10 Å². The van der Waals surface area contributed by atoms with Crippen molar-refractivity contribution in [3.63, 3.8) is 0 Å². The second-order valence-corrected chi connectivity index (χ2v) is 7.72. The first-order valence-electron chi connectivity index (χ1n) is 6.99. The zero-order chi connectivity index (χ0) is 15.3. The van der Waals surface area contributed by atoms with Crippen molar-refractivity contribution in [3.8, 4) is 0 Å². The molecular weight excluding hydrogens is 294 g/mol. The van der Waals surface area contributed by atoms with Crippen LogP contribution in [0.15, 0.2) is 11.1 Å². The summed E-state index contributed by atoms with van der Waals surface area (Å²) in [5.41, 5.74) is 0.236. The van der Waals surface area contributed by atoms with E-state index in [4.69, 9.17) is 4.74 Å². The molecule has 116 valence electrons. The summed E-state index contributed by atoms with van der Waals surface area (Å²) < 4.78 is 33.7. The Balaban J connectivity index is 1.77. The molecule has 0 bridgehead atoms. The van der Waals surface area contributed by atoms with E-state index in [0.29, 0.717) is 38.0 Å². The number of Topliss-reactive ketones (excluding diaryl/α,β-unsaturated/α-hetero) is 1. The Morgan fingerprint density at radius 2 is 2.00 bits per heavy atom. The third-order valence-electron chi connectivity index (χ3n) is 4.26. The second-order valence-electron chi connectivity index (χ2n) is 5.84. The number of aromatic nitrogens is 2. The smallest absolute Gasteiger partial charge is 0.260 e. The molecule has 2 fully saturated rings. The maximum atomic E-state index is 12.6. The number of carbonyl (C=O) groups excluding carboxylic acids is 1. The van der Waals surface area contributed by atoms with E-state index in [1.54, 1.807) is 20.0 Å². The van der Waals surface area contributed by atoms with Gasteiger partial charge in [-0.05, 0) is 25.8 Å². The molecular formula is C13H19N3O4S. The van der Waals surface area contributed by atoms with Gasteiger partial charge in [0, 0.05) is 26.6 Å². The molecule has 3 rings (SSSR count). The SMILES string of the molecule is Cc1cc(S(=O)(=O)N2CCC3(CC2)CC(=O)CO3)n(C)n1. The van der Waals surface area contributed by atoms with Gasteiger partial charge in [-0.2, -0.15) is 9.40 Å². The summed E-state index contributed by atoms with van der Waals surface area (Å²) in [6, 6.07) is 1.58. The first-order chi connectivity index (χ1) is 9.82. The van der Waals surface area contributed by atoms with Gasteiger partial charge in [-0.25, -0.2) is 8.42 Å². The summed E-state index contributed by atoms with van der Waals surface area (Å²) in [5, 5.41) is 4.30. The van der Waals surface area contributed by atoms with Gasteiger partial charge in [0.15, 0.2) is 10.8 Å². The average Bonchev–Trinajstić information content (AvgIpc) is 2.94. The van der Waals surface area contributed by atoms with E-state index < -0.39 is 15.6 Å². The zero-order valence-electron chi connectivity index (χ0n) is 12.2. The Morgan fingerprint density at radius 3 is 2.48 bits per heavy atom. The van der Waals surface area contributed by atoms with Crippen molar-refractivity contribution in [1.29, 1.82) is 0 Å². The first kappa shape index (κ1) is 14.7. The summed E-state index contributed by atoms with van der Waals surface area (Å²) in [5.74, 6) is 0.105. The number of rotatable bonds is 2. The van der Waals surface area contributed by atoms with Gasteiger partial charge >= 0.3 is 0 Å². The van der Waals surface area contributed by atoms with Crippen LogP contribution in [0.1, 0.15) is 25.0 Å². The predicted octanol–water partition coefficient (Wildman–Crippen LogP) is 0.241. The maximum absolute atomic E-state index is 12.6. The molecule has 0 atom stereocenters. The molecule has 2 saturated heterocycles. The van der Waals surface area contributed by atoms with Gasteiger partial charge < -0.3 is 4.74 Å². The second kappa shape index (κ2) is 4.89. The largest absolute Gasteiger partial charge is 0.367 e. The number of piperidine rings is 1. The van der Waals surface area contributed by atoms with Crippen molar-refractivity contribution in [2.45, 2.75) is 36.8 Å². The van der Waals surface area contributed by atoms with Crippen LogP contribution >= 0.6 is 0 Å². The molecule has 1 spiro atoms. The van der Waals surface area contributed by atoms with Crippen LogP contribution in [0, 0.1) is 6.92 Å². The minimum absolute atomic E-state index is 0.105. The van der Waals surface area contributed by atoms with E-state index in [1.807, 2.05) is 0 Å². The molecule has 0 amide bonds. The van der Waals surface area contributed by atoms with Crippen LogP contribution in [0.3, 0.4) is 0 Å².